The fourth-order valence-electron chi connectivity index (χ4n) is 2.10. The van der Waals surface area contributed by atoms with Crippen molar-refractivity contribution in [2.24, 2.45) is 7.05 Å². The third kappa shape index (κ3) is 1.39. The van der Waals surface area contributed by atoms with Crippen LogP contribution in [0.15, 0.2) is 16.7 Å². The van der Waals surface area contributed by atoms with E-state index < -0.39 is 0 Å². The monoisotopic (exact) mass is 265 g/mol. The zero-order chi connectivity index (χ0) is 10.4. The van der Waals surface area contributed by atoms with Crippen molar-refractivity contribution >= 4 is 27.1 Å². The molecule has 0 aromatic carbocycles. The number of aromatic nitrogens is 3. The molecule has 0 spiro atoms. The first-order valence-electron chi connectivity index (χ1n) is 5.23. The second-order valence-electron chi connectivity index (χ2n) is 4.15. The van der Waals surface area contributed by atoms with E-state index >= 15 is 0 Å². The number of rotatable bonds is 1. The number of nitrogens with zero attached hydrogens (tertiary/aromatic N) is 3. The fourth-order valence-corrected chi connectivity index (χ4v) is 2.42. The fraction of sp³-hybridized carbons (Fsp3) is 0.455. The molecule has 0 amide bonds. The number of hydrogen-bond donors (Lipinski definition) is 0. The van der Waals surface area contributed by atoms with Crippen molar-refractivity contribution in [3.8, 4) is 0 Å². The van der Waals surface area contributed by atoms with Crippen LogP contribution in [0.25, 0.3) is 11.2 Å². The highest BCUT2D eigenvalue weighted by Gasteiger charge is 2.24. The Morgan fingerprint density at radius 1 is 1.47 bits per heavy atom. The molecule has 0 atom stereocenters. The normalized spacial score (nSPS) is 16.9. The van der Waals surface area contributed by atoms with Gasteiger partial charge < -0.3 is 4.57 Å². The molecule has 1 fully saturated rings. The summed E-state index contributed by atoms with van der Waals surface area (Å²) >= 11 is 3.42. The molecule has 0 radical (unpaired) electrons. The lowest BCUT2D eigenvalue weighted by Crippen LogP contribution is -2.13. The molecule has 0 aliphatic heterocycles. The van der Waals surface area contributed by atoms with Crippen LogP contribution >= 0.6 is 15.9 Å². The van der Waals surface area contributed by atoms with E-state index in [0.717, 1.165) is 15.6 Å². The minimum atomic E-state index is 0.656. The van der Waals surface area contributed by atoms with Crippen LogP contribution in [0.5, 0.6) is 0 Å². The van der Waals surface area contributed by atoms with Crippen molar-refractivity contribution in [1.82, 2.24) is 14.5 Å². The standard InChI is InChI=1S/C11H12BrN3/c1-15-10(7-3-2-4-7)14-9-5-8(12)6-13-11(9)15/h5-7H,2-4H2,1H3. The molecule has 3 rings (SSSR count). The quantitative estimate of drug-likeness (QED) is 0.794. The van der Waals surface area contributed by atoms with Gasteiger partial charge in [-0.05, 0) is 34.8 Å². The Morgan fingerprint density at radius 3 is 2.93 bits per heavy atom. The third-order valence-corrected chi connectivity index (χ3v) is 3.61. The van der Waals surface area contributed by atoms with Gasteiger partial charge in [0.15, 0.2) is 5.65 Å². The molecule has 0 bridgehead atoms. The van der Waals surface area contributed by atoms with Crippen LogP contribution in [0.3, 0.4) is 0 Å². The van der Waals surface area contributed by atoms with Gasteiger partial charge in [0.25, 0.3) is 0 Å². The second-order valence-corrected chi connectivity index (χ2v) is 5.07. The van der Waals surface area contributed by atoms with Crippen LogP contribution < -0.4 is 0 Å². The van der Waals surface area contributed by atoms with Crippen LogP contribution in [0.2, 0.25) is 0 Å². The molecule has 2 aromatic rings. The lowest BCUT2D eigenvalue weighted by atomic mass is 9.85. The van der Waals surface area contributed by atoms with Crippen LogP contribution in [-0.4, -0.2) is 14.5 Å². The predicted molar refractivity (Wildman–Crippen MR) is 62.8 cm³/mol. The van der Waals surface area contributed by atoms with Crippen molar-refractivity contribution < 1.29 is 0 Å². The summed E-state index contributed by atoms with van der Waals surface area (Å²) in [7, 11) is 2.06. The zero-order valence-electron chi connectivity index (χ0n) is 8.57. The first-order valence-corrected chi connectivity index (χ1v) is 6.03. The predicted octanol–water partition coefficient (Wildman–Crippen LogP) is 3.00. The molecule has 78 valence electrons. The number of fused-ring (bicyclic) bond motifs is 1. The lowest BCUT2D eigenvalue weighted by molar-refractivity contribution is 0.394. The molecule has 0 unspecified atom stereocenters. The largest absolute Gasteiger partial charge is 0.316 e. The van der Waals surface area contributed by atoms with E-state index in [1.165, 1.54) is 25.1 Å². The molecule has 2 aromatic heterocycles. The minimum Gasteiger partial charge on any atom is -0.316 e. The maximum atomic E-state index is 4.67. The van der Waals surface area contributed by atoms with E-state index in [1.807, 2.05) is 12.3 Å². The molecule has 3 nitrogen and oxygen atoms in total. The van der Waals surface area contributed by atoms with E-state index in [2.05, 4.69) is 37.5 Å². The molecule has 2 heterocycles. The van der Waals surface area contributed by atoms with Crippen LogP contribution in [0, 0.1) is 0 Å². The molecule has 15 heavy (non-hydrogen) atoms. The summed E-state index contributed by atoms with van der Waals surface area (Å²) in [5.74, 6) is 1.85. The van der Waals surface area contributed by atoms with Crippen molar-refractivity contribution in [3.05, 3.63) is 22.6 Å². The first kappa shape index (κ1) is 9.33. The van der Waals surface area contributed by atoms with Gasteiger partial charge in [0.05, 0.1) is 0 Å². The van der Waals surface area contributed by atoms with E-state index in [-0.39, 0.29) is 0 Å². The highest BCUT2D eigenvalue weighted by Crippen LogP contribution is 2.36. The van der Waals surface area contributed by atoms with Gasteiger partial charge in [-0.15, -0.1) is 0 Å². The number of halogens is 1. The Kier molecular flexibility index (Phi) is 2.06. The van der Waals surface area contributed by atoms with Gasteiger partial charge in [-0.1, -0.05) is 6.42 Å². The maximum Gasteiger partial charge on any atom is 0.159 e. The minimum absolute atomic E-state index is 0.656. The average Bonchev–Trinajstić information content (AvgIpc) is 2.41. The summed E-state index contributed by atoms with van der Waals surface area (Å²) in [6.45, 7) is 0. The van der Waals surface area contributed by atoms with Crippen LogP contribution in [0.1, 0.15) is 31.0 Å². The Morgan fingerprint density at radius 2 is 2.27 bits per heavy atom. The van der Waals surface area contributed by atoms with Gasteiger partial charge in [0.1, 0.15) is 11.3 Å². The maximum absolute atomic E-state index is 4.67. The number of imidazole rings is 1. The molecule has 0 saturated heterocycles. The summed E-state index contributed by atoms with van der Waals surface area (Å²) in [6.07, 6.45) is 5.72. The lowest BCUT2D eigenvalue weighted by Gasteiger charge is -2.24. The second kappa shape index (κ2) is 3.30. The Labute approximate surface area is 96.7 Å². The molecule has 0 N–H and O–H groups in total. The van der Waals surface area contributed by atoms with E-state index in [0.29, 0.717) is 5.92 Å². The molecule has 1 aliphatic rings. The Bertz CT molecular complexity index is 514. The summed E-state index contributed by atoms with van der Waals surface area (Å²) in [5, 5.41) is 0. The van der Waals surface area contributed by atoms with E-state index in [1.54, 1.807) is 0 Å². The smallest absolute Gasteiger partial charge is 0.159 e. The SMILES string of the molecule is Cn1c(C2CCC2)nc2cc(Br)cnc21. The summed E-state index contributed by atoms with van der Waals surface area (Å²) in [6, 6.07) is 2.03. The van der Waals surface area contributed by atoms with E-state index in [9.17, 15) is 0 Å². The average molecular weight is 266 g/mol. The molecule has 1 saturated carbocycles. The Balaban J connectivity index is 2.19. The van der Waals surface area contributed by atoms with Gasteiger partial charge >= 0.3 is 0 Å². The third-order valence-electron chi connectivity index (χ3n) is 3.18. The zero-order valence-corrected chi connectivity index (χ0v) is 10.2. The number of aryl methyl sites for hydroxylation is 1. The highest BCUT2D eigenvalue weighted by atomic mass is 79.9. The van der Waals surface area contributed by atoms with Crippen molar-refractivity contribution in [2.45, 2.75) is 25.2 Å². The van der Waals surface area contributed by atoms with Crippen molar-refractivity contribution in [1.29, 1.82) is 0 Å². The highest BCUT2D eigenvalue weighted by molar-refractivity contribution is 9.10. The van der Waals surface area contributed by atoms with Gasteiger partial charge in [0.2, 0.25) is 0 Å². The van der Waals surface area contributed by atoms with Crippen molar-refractivity contribution in [3.63, 3.8) is 0 Å². The van der Waals surface area contributed by atoms with Crippen LogP contribution in [0.4, 0.5) is 0 Å². The summed E-state index contributed by atoms with van der Waals surface area (Å²) in [4.78, 5) is 9.06. The molecular formula is C11H12BrN3. The number of hydrogen-bond acceptors (Lipinski definition) is 2. The summed E-state index contributed by atoms with van der Waals surface area (Å²) < 4.78 is 3.12. The van der Waals surface area contributed by atoms with Gasteiger partial charge in [-0.3, -0.25) is 0 Å². The van der Waals surface area contributed by atoms with E-state index in [4.69, 9.17) is 0 Å². The van der Waals surface area contributed by atoms with Crippen LogP contribution in [-0.2, 0) is 7.05 Å². The van der Waals surface area contributed by atoms with Gasteiger partial charge in [0, 0.05) is 23.6 Å². The van der Waals surface area contributed by atoms with Gasteiger partial charge in [-0.25, -0.2) is 9.97 Å². The first-order chi connectivity index (χ1) is 7.25. The van der Waals surface area contributed by atoms with Crippen molar-refractivity contribution in [2.75, 3.05) is 0 Å². The number of pyridine rings is 1. The molecular weight excluding hydrogens is 254 g/mol. The van der Waals surface area contributed by atoms with Gasteiger partial charge in [-0.2, -0.15) is 0 Å². The Hall–Kier alpha value is -0.900. The summed E-state index contributed by atoms with van der Waals surface area (Å²) in [5.41, 5.74) is 1.98. The molecule has 4 heteroatoms. The molecule has 1 aliphatic carbocycles. The topological polar surface area (TPSA) is 30.7 Å².